The summed E-state index contributed by atoms with van der Waals surface area (Å²) in [5.41, 5.74) is 1.79. The van der Waals surface area contributed by atoms with Gasteiger partial charge in [-0.1, -0.05) is 6.92 Å². The van der Waals surface area contributed by atoms with Crippen LogP contribution in [-0.2, 0) is 11.3 Å². The monoisotopic (exact) mass is 220 g/mol. The molecular formula is C11H12N2O3. The summed E-state index contributed by atoms with van der Waals surface area (Å²) in [6.07, 6.45) is 0.102. The number of benzene rings is 1. The van der Waals surface area contributed by atoms with E-state index in [-0.39, 0.29) is 0 Å². The first-order chi connectivity index (χ1) is 7.79. The molecule has 0 fully saturated rings. The first-order valence-corrected chi connectivity index (χ1v) is 5.14. The molecule has 1 aliphatic rings. The Balaban J connectivity index is 1.98. The van der Waals surface area contributed by atoms with Gasteiger partial charge in [0.2, 0.25) is 0 Å². The predicted octanol–water partition coefficient (Wildman–Crippen LogP) is 3.21. The smallest absolute Gasteiger partial charge is 0.434 e. The molecule has 1 aliphatic heterocycles. The molecule has 1 heterocycles. The molecule has 0 saturated heterocycles. The fourth-order valence-electron chi connectivity index (χ4n) is 1.35. The number of nitrogens with zero attached hydrogens (tertiary/aromatic N) is 2. The molecule has 0 unspecified atom stereocenters. The summed E-state index contributed by atoms with van der Waals surface area (Å²) in [5.74, 6) is 0.465. The maximum Gasteiger partial charge on any atom is 0.513 e. The van der Waals surface area contributed by atoms with E-state index in [0.717, 1.165) is 17.7 Å². The van der Waals surface area contributed by atoms with Crippen molar-refractivity contribution in [2.75, 3.05) is 6.61 Å². The first kappa shape index (κ1) is 10.6. The van der Waals surface area contributed by atoms with Crippen LogP contribution in [-0.4, -0.2) is 12.8 Å². The van der Waals surface area contributed by atoms with E-state index in [1.54, 1.807) is 18.2 Å². The van der Waals surface area contributed by atoms with Gasteiger partial charge in [-0.2, -0.15) is 10.2 Å². The van der Waals surface area contributed by atoms with Crippen molar-refractivity contribution < 1.29 is 14.3 Å². The topological polar surface area (TPSA) is 60.2 Å². The van der Waals surface area contributed by atoms with Crippen LogP contribution in [0.1, 0.15) is 18.9 Å². The Hall–Kier alpha value is -1.91. The summed E-state index contributed by atoms with van der Waals surface area (Å²) in [5, 5.41) is 7.80. The Labute approximate surface area is 93.1 Å². The molecule has 2 rings (SSSR count). The average molecular weight is 220 g/mol. The van der Waals surface area contributed by atoms with E-state index >= 15 is 0 Å². The van der Waals surface area contributed by atoms with E-state index in [2.05, 4.69) is 10.2 Å². The number of hydrogen-bond acceptors (Lipinski definition) is 5. The molecule has 1 aromatic rings. The van der Waals surface area contributed by atoms with E-state index in [9.17, 15) is 4.79 Å². The van der Waals surface area contributed by atoms with Crippen LogP contribution in [0, 0.1) is 0 Å². The highest BCUT2D eigenvalue weighted by atomic mass is 16.7. The number of ether oxygens (including phenoxy) is 2. The lowest BCUT2D eigenvalue weighted by Gasteiger charge is -2.05. The predicted molar refractivity (Wildman–Crippen MR) is 56.9 cm³/mol. The lowest BCUT2D eigenvalue weighted by Crippen LogP contribution is -2.11. The highest BCUT2D eigenvalue weighted by molar-refractivity contribution is 5.64. The first-order valence-electron chi connectivity index (χ1n) is 5.14. The summed E-state index contributed by atoms with van der Waals surface area (Å²) >= 11 is 0. The van der Waals surface area contributed by atoms with Gasteiger partial charge in [-0.15, -0.1) is 0 Å². The molecular weight excluding hydrogens is 208 g/mol. The number of carbonyl (C=O) groups is 1. The molecule has 0 bridgehead atoms. The number of hydrogen-bond donors (Lipinski definition) is 0. The minimum absolute atomic E-state index is 0.369. The Morgan fingerprint density at radius 3 is 3.19 bits per heavy atom. The van der Waals surface area contributed by atoms with E-state index in [4.69, 9.17) is 9.47 Å². The van der Waals surface area contributed by atoms with Gasteiger partial charge in [-0.05, 0) is 24.6 Å². The van der Waals surface area contributed by atoms with Crippen LogP contribution in [0.3, 0.4) is 0 Å². The summed E-state index contributed by atoms with van der Waals surface area (Å²) < 4.78 is 9.80. The molecule has 0 N–H and O–H groups in total. The largest absolute Gasteiger partial charge is 0.513 e. The van der Waals surface area contributed by atoms with Gasteiger partial charge in [0.15, 0.2) is 0 Å². The van der Waals surface area contributed by atoms with Crippen molar-refractivity contribution in [1.29, 1.82) is 0 Å². The molecule has 0 aromatic heterocycles. The Morgan fingerprint density at radius 2 is 2.38 bits per heavy atom. The molecule has 84 valence electrons. The molecule has 0 amide bonds. The molecule has 0 spiro atoms. The van der Waals surface area contributed by atoms with Crippen molar-refractivity contribution in [2.24, 2.45) is 10.2 Å². The Kier molecular flexibility index (Phi) is 3.14. The van der Waals surface area contributed by atoms with E-state index in [1.165, 1.54) is 0 Å². The van der Waals surface area contributed by atoms with Crippen LogP contribution >= 0.6 is 0 Å². The van der Waals surface area contributed by atoms with Gasteiger partial charge in [0.1, 0.15) is 5.75 Å². The van der Waals surface area contributed by atoms with Gasteiger partial charge < -0.3 is 9.47 Å². The van der Waals surface area contributed by atoms with Crippen LogP contribution in [0.2, 0.25) is 0 Å². The third-order valence-electron chi connectivity index (χ3n) is 2.10. The third kappa shape index (κ3) is 2.36. The summed E-state index contributed by atoms with van der Waals surface area (Å²) in [6.45, 7) is 2.83. The summed E-state index contributed by atoms with van der Waals surface area (Å²) in [6, 6.07) is 5.20. The quantitative estimate of drug-likeness (QED) is 0.580. The number of carbonyl (C=O) groups excluding carboxylic acids is 1. The van der Waals surface area contributed by atoms with Crippen LogP contribution in [0.25, 0.3) is 0 Å². The van der Waals surface area contributed by atoms with Crippen LogP contribution in [0.4, 0.5) is 10.5 Å². The minimum atomic E-state index is -0.673. The average Bonchev–Trinajstić information content (AvgIpc) is 2.73. The van der Waals surface area contributed by atoms with Gasteiger partial charge in [0, 0.05) is 5.56 Å². The van der Waals surface area contributed by atoms with Gasteiger partial charge >= 0.3 is 6.16 Å². The lowest BCUT2D eigenvalue weighted by molar-refractivity contribution is 0.0991. The van der Waals surface area contributed by atoms with E-state index in [0.29, 0.717) is 18.9 Å². The van der Waals surface area contributed by atoms with E-state index in [1.807, 2.05) is 6.92 Å². The zero-order chi connectivity index (χ0) is 11.4. The number of rotatable bonds is 3. The zero-order valence-corrected chi connectivity index (χ0v) is 8.97. The second kappa shape index (κ2) is 4.74. The van der Waals surface area contributed by atoms with Crippen molar-refractivity contribution >= 4 is 11.8 Å². The van der Waals surface area contributed by atoms with Gasteiger partial charge in [-0.3, -0.25) is 0 Å². The van der Waals surface area contributed by atoms with Crippen molar-refractivity contribution in [1.82, 2.24) is 0 Å². The maximum absolute atomic E-state index is 11.2. The van der Waals surface area contributed by atoms with Gasteiger partial charge in [0.05, 0.1) is 18.8 Å². The molecule has 0 atom stereocenters. The number of azo groups is 1. The normalized spacial score (nSPS) is 12.3. The Morgan fingerprint density at radius 1 is 1.50 bits per heavy atom. The fourth-order valence-corrected chi connectivity index (χ4v) is 1.35. The van der Waals surface area contributed by atoms with Crippen LogP contribution in [0.5, 0.6) is 5.75 Å². The lowest BCUT2D eigenvalue weighted by atomic mass is 10.2. The van der Waals surface area contributed by atoms with Crippen LogP contribution < -0.4 is 4.74 Å². The molecule has 16 heavy (non-hydrogen) atoms. The van der Waals surface area contributed by atoms with Crippen molar-refractivity contribution in [3.8, 4) is 5.75 Å². The Bertz CT molecular complexity index is 429. The second-order valence-corrected chi connectivity index (χ2v) is 3.39. The summed E-state index contributed by atoms with van der Waals surface area (Å²) in [7, 11) is 0. The molecule has 0 aliphatic carbocycles. The van der Waals surface area contributed by atoms with Crippen LogP contribution in [0.15, 0.2) is 28.4 Å². The second-order valence-electron chi connectivity index (χ2n) is 3.39. The van der Waals surface area contributed by atoms with Crippen molar-refractivity contribution in [3.05, 3.63) is 23.8 Å². The SMILES string of the molecule is CCCOC(=O)Oc1ccc2c(c1)CN=N2. The molecule has 5 nitrogen and oxygen atoms in total. The third-order valence-corrected chi connectivity index (χ3v) is 2.10. The van der Waals surface area contributed by atoms with Crippen molar-refractivity contribution in [3.63, 3.8) is 0 Å². The molecule has 0 radical (unpaired) electrons. The highest BCUT2D eigenvalue weighted by Crippen LogP contribution is 2.30. The maximum atomic E-state index is 11.2. The standard InChI is InChI=1S/C11H12N2O3/c1-2-5-15-11(14)16-9-3-4-10-8(6-9)7-12-13-10/h3-4,6H,2,5,7H2,1H3. The fraction of sp³-hybridized carbons (Fsp3) is 0.364. The van der Waals surface area contributed by atoms with E-state index < -0.39 is 6.16 Å². The summed E-state index contributed by atoms with van der Waals surface area (Å²) in [4.78, 5) is 11.2. The molecule has 0 saturated carbocycles. The van der Waals surface area contributed by atoms with Gasteiger partial charge in [-0.25, -0.2) is 4.79 Å². The van der Waals surface area contributed by atoms with Crippen molar-refractivity contribution in [2.45, 2.75) is 19.9 Å². The number of fused-ring (bicyclic) bond motifs is 1. The zero-order valence-electron chi connectivity index (χ0n) is 8.97. The highest BCUT2D eigenvalue weighted by Gasteiger charge is 2.11. The van der Waals surface area contributed by atoms with Gasteiger partial charge in [0.25, 0.3) is 0 Å². The minimum Gasteiger partial charge on any atom is -0.434 e. The molecule has 5 heteroatoms. The molecule has 1 aromatic carbocycles.